The molecule has 0 bridgehead atoms. The maximum atomic E-state index is 6.58. The van der Waals surface area contributed by atoms with Gasteiger partial charge in [-0.05, 0) is 44.2 Å². The summed E-state index contributed by atoms with van der Waals surface area (Å²) < 4.78 is 0. The van der Waals surface area contributed by atoms with E-state index in [2.05, 4.69) is 29.0 Å². The molecule has 1 aliphatic heterocycles. The summed E-state index contributed by atoms with van der Waals surface area (Å²) in [7, 11) is 0. The Morgan fingerprint density at radius 3 is 2.75 bits per heavy atom. The fourth-order valence-corrected chi connectivity index (χ4v) is 3.73. The standard InChI is InChI=1S/C15H26ClN3S/c1-12(2)13(10-18-15-17-5-8-20-15)9-14(16)11-19-6-3-4-7-19/h5,8,12-14H,3-4,6-7,9-11H2,1-2H3,(H,17,18). The molecule has 20 heavy (non-hydrogen) atoms. The molecule has 1 aromatic rings. The van der Waals surface area contributed by atoms with Gasteiger partial charge in [-0.25, -0.2) is 4.98 Å². The molecule has 5 heteroatoms. The van der Waals surface area contributed by atoms with E-state index in [9.17, 15) is 0 Å². The van der Waals surface area contributed by atoms with Crippen LogP contribution >= 0.6 is 22.9 Å². The van der Waals surface area contributed by atoms with Crippen molar-refractivity contribution in [1.82, 2.24) is 9.88 Å². The third-order valence-electron chi connectivity index (χ3n) is 4.10. The Kier molecular flexibility index (Phi) is 6.59. The predicted octanol–water partition coefficient (Wildman–Crippen LogP) is 3.92. The normalized spacial score (nSPS) is 19.4. The largest absolute Gasteiger partial charge is 0.361 e. The Morgan fingerprint density at radius 2 is 2.15 bits per heavy atom. The van der Waals surface area contributed by atoms with Crippen LogP contribution in [-0.2, 0) is 0 Å². The number of aromatic nitrogens is 1. The molecule has 1 aromatic heterocycles. The van der Waals surface area contributed by atoms with E-state index >= 15 is 0 Å². The molecule has 0 radical (unpaired) electrons. The van der Waals surface area contributed by atoms with Crippen molar-refractivity contribution in [2.75, 3.05) is 31.5 Å². The van der Waals surface area contributed by atoms with Crippen LogP contribution in [0.4, 0.5) is 5.13 Å². The van der Waals surface area contributed by atoms with Gasteiger partial charge in [-0.2, -0.15) is 0 Å². The smallest absolute Gasteiger partial charge is 0.182 e. The predicted molar refractivity (Wildman–Crippen MR) is 88.9 cm³/mol. The van der Waals surface area contributed by atoms with Gasteiger partial charge in [0.15, 0.2) is 5.13 Å². The summed E-state index contributed by atoms with van der Waals surface area (Å²) >= 11 is 8.24. The topological polar surface area (TPSA) is 28.2 Å². The molecule has 0 aromatic carbocycles. The van der Waals surface area contributed by atoms with Gasteiger partial charge in [0.25, 0.3) is 0 Å². The van der Waals surface area contributed by atoms with Gasteiger partial charge in [-0.1, -0.05) is 13.8 Å². The van der Waals surface area contributed by atoms with Crippen molar-refractivity contribution in [3.63, 3.8) is 0 Å². The van der Waals surface area contributed by atoms with Crippen LogP contribution in [0.5, 0.6) is 0 Å². The summed E-state index contributed by atoms with van der Waals surface area (Å²) in [5, 5.41) is 6.72. The summed E-state index contributed by atoms with van der Waals surface area (Å²) in [6, 6.07) is 0. The van der Waals surface area contributed by atoms with Crippen LogP contribution in [0.25, 0.3) is 0 Å². The van der Waals surface area contributed by atoms with E-state index in [-0.39, 0.29) is 5.38 Å². The Labute approximate surface area is 131 Å². The number of anilines is 1. The van der Waals surface area contributed by atoms with Crippen LogP contribution < -0.4 is 5.32 Å². The van der Waals surface area contributed by atoms with E-state index in [1.807, 2.05) is 11.6 Å². The van der Waals surface area contributed by atoms with Crippen LogP contribution in [0.2, 0.25) is 0 Å². The Hall–Kier alpha value is -0.320. The van der Waals surface area contributed by atoms with E-state index < -0.39 is 0 Å². The summed E-state index contributed by atoms with van der Waals surface area (Å²) in [6.07, 6.45) is 5.59. The Morgan fingerprint density at radius 1 is 1.40 bits per heavy atom. The minimum absolute atomic E-state index is 0.263. The molecule has 1 saturated heterocycles. The number of halogens is 1. The number of hydrogen-bond donors (Lipinski definition) is 1. The second-order valence-electron chi connectivity index (χ2n) is 6.06. The summed E-state index contributed by atoms with van der Waals surface area (Å²) in [5.74, 6) is 1.24. The average molecular weight is 316 g/mol. The molecular formula is C15H26ClN3S. The van der Waals surface area contributed by atoms with Crippen LogP contribution in [0.1, 0.15) is 33.1 Å². The van der Waals surface area contributed by atoms with Gasteiger partial charge in [0.05, 0.1) is 0 Å². The number of nitrogens with one attached hydrogen (secondary N) is 1. The average Bonchev–Trinajstić information content (AvgIpc) is 3.06. The van der Waals surface area contributed by atoms with Crippen molar-refractivity contribution in [2.24, 2.45) is 11.8 Å². The first-order valence-electron chi connectivity index (χ1n) is 7.65. The van der Waals surface area contributed by atoms with Crippen molar-refractivity contribution in [3.05, 3.63) is 11.6 Å². The van der Waals surface area contributed by atoms with E-state index in [4.69, 9.17) is 11.6 Å². The molecule has 3 nitrogen and oxygen atoms in total. The molecule has 1 aliphatic rings. The van der Waals surface area contributed by atoms with Crippen LogP contribution in [0, 0.1) is 11.8 Å². The van der Waals surface area contributed by atoms with Gasteiger partial charge in [-0.15, -0.1) is 22.9 Å². The monoisotopic (exact) mass is 315 g/mol. The molecule has 0 aliphatic carbocycles. The summed E-state index contributed by atoms with van der Waals surface area (Å²) in [4.78, 5) is 6.78. The third-order valence-corrected chi connectivity index (χ3v) is 5.15. The van der Waals surface area contributed by atoms with Crippen molar-refractivity contribution in [3.8, 4) is 0 Å². The summed E-state index contributed by atoms with van der Waals surface area (Å²) in [6.45, 7) is 9.04. The van der Waals surface area contributed by atoms with Gasteiger partial charge >= 0.3 is 0 Å². The zero-order valence-corrected chi connectivity index (χ0v) is 14.1. The fourth-order valence-electron chi connectivity index (χ4n) is 2.77. The van der Waals surface area contributed by atoms with Crippen LogP contribution in [-0.4, -0.2) is 41.4 Å². The van der Waals surface area contributed by atoms with Gasteiger partial charge in [0, 0.05) is 30.0 Å². The fraction of sp³-hybridized carbons (Fsp3) is 0.800. The highest BCUT2D eigenvalue weighted by Crippen LogP contribution is 2.23. The van der Waals surface area contributed by atoms with Crippen molar-refractivity contribution in [1.29, 1.82) is 0 Å². The van der Waals surface area contributed by atoms with E-state index in [0.717, 1.165) is 24.6 Å². The molecule has 114 valence electrons. The molecule has 0 amide bonds. The number of alkyl halides is 1. The van der Waals surface area contributed by atoms with Crippen molar-refractivity contribution < 1.29 is 0 Å². The maximum Gasteiger partial charge on any atom is 0.182 e. The van der Waals surface area contributed by atoms with Gasteiger partial charge in [-0.3, -0.25) is 0 Å². The lowest BCUT2D eigenvalue weighted by Crippen LogP contribution is -2.31. The maximum absolute atomic E-state index is 6.58. The van der Waals surface area contributed by atoms with Crippen LogP contribution in [0.15, 0.2) is 11.6 Å². The van der Waals surface area contributed by atoms with Crippen molar-refractivity contribution >= 4 is 28.1 Å². The van der Waals surface area contributed by atoms with E-state index in [1.165, 1.54) is 25.9 Å². The van der Waals surface area contributed by atoms with Gasteiger partial charge in [0.1, 0.15) is 0 Å². The second kappa shape index (κ2) is 8.20. The Bertz CT molecular complexity index is 363. The van der Waals surface area contributed by atoms with Crippen LogP contribution in [0.3, 0.4) is 0 Å². The first-order valence-corrected chi connectivity index (χ1v) is 8.96. The van der Waals surface area contributed by atoms with Gasteiger partial charge in [0.2, 0.25) is 0 Å². The molecule has 2 heterocycles. The third kappa shape index (κ3) is 5.23. The quantitative estimate of drug-likeness (QED) is 0.737. The second-order valence-corrected chi connectivity index (χ2v) is 7.57. The SMILES string of the molecule is CC(C)C(CNc1nccs1)CC(Cl)CN1CCCC1. The number of rotatable bonds is 8. The molecule has 0 spiro atoms. The number of likely N-dealkylation sites (tertiary alicyclic amines) is 1. The lowest BCUT2D eigenvalue weighted by atomic mass is 9.91. The van der Waals surface area contributed by atoms with Crippen molar-refractivity contribution in [2.45, 2.75) is 38.5 Å². The highest BCUT2D eigenvalue weighted by Gasteiger charge is 2.21. The zero-order valence-electron chi connectivity index (χ0n) is 12.5. The lowest BCUT2D eigenvalue weighted by Gasteiger charge is -2.26. The Balaban J connectivity index is 1.75. The molecule has 2 rings (SSSR count). The zero-order chi connectivity index (χ0) is 14.4. The number of thiazole rings is 1. The number of hydrogen-bond acceptors (Lipinski definition) is 4. The molecule has 1 fully saturated rings. The number of nitrogens with zero attached hydrogens (tertiary/aromatic N) is 2. The first-order chi connectivity index (χ1) is 9.65. The highest BCUT2D eigenvalue weighted by atomic mass is 35.5. The molecular weight excluding hydrogens is 290 g/mol. The molecule has 0 saturated carbocycles. The van der Waals surface area contributed by atoms with E-state index in [0.29, 0.717) is 11.8 Å². The minimum Gasteiger partial charge on any atom is -0.361 e. The highest BCUT2D eigenvalue weighted by molar-refractivity contribution is 7.13. The molecule has 2 atom stereocenters. The lowest BCUT2D eigenvalue weighted by molar-refractivity contribution is 0.300. The van der Waals surface area contributed by atoms with Gasteiger partial charge < -0.3 is 10.2 Å². The molecule has 1 N–H and O–H groups in total. The van der Waals surface area contributed by atoms with E-state index in [1.54, 1.807) is 11.3 Å². The summed E-state index contributed by atoms with van der Waals surface area (Å²) in [5.41, 5.74) is 0. The minimum atomic E-state index is 0.263. The first kappa shape index (κ1) is 16.1. The molecule has 2 unspecified atom stereocenters.